The van der Waals surface area contributed by atoms with Crippen LogP contribution in [0.25, 0.3) is 0 Å². The van der Waals surface area contributed by atoms with Gasteiger partial charge in [-0.15, -0.1) is 6.42 Å². The number of nitrogens with one attached hydrogen (secondary N) is 1. The summed E-state index contributed by atoms with van der Waals surface area (Å²) >= 11 is 0. The molecule has 1 aromatic heterocycles. The Bertz CT molecular complexity index is 1400. The Morgan fingerprint density at radius 1 is 1.31 bits per heavy atom. The lowest BCUT2D eigenvalue weighted by Gasteiger charge is -2.39. The third kappa shape index (κ3) is 5.05. The summed E-state index contributed by atoms with van der Waals surface area (Å²) in [6, 6.07) is 4.32. The molecule has 1 fully saturated rings. The molecule has 3 N–H and O–H groups in total. The van der Waals surface area contributed by atoms with E-state index in [1.54, 1.807) is 6.07 Å². The van der Waals surface area contributed by atoms with Crippen molar-refractivity contribution in [2.45, 2.75) is 69.7 Å². The molecule has 0 saturated heterocycles. The van der Waals surface area contributed by atoms with Crippen LogP contribution in [-0.4, -0.2) is 38.8 Å². The summed E-state index contributed by atoms with van der Waals surface area (Å²) < 4.78 is 34.3. The number of ether oxygens (including phenoxy) is 1. The number of carbonyl (C=O) groups excluding carboxylic acids is 2. The number of halogens is 2. The third-order valence-corrected chi connectivity index (χ3v) is 7.81. The maximum atomic E-state index is 14.2. The summed E-state index contributed by atoms with van der Waals surface area (Å²) in [5.74, 6) is 0.573. The summed E-state index contributed by atoms with van der Waals surface area (Å²) in [5.41, 5.74) is 5.66. The molecular weight excluding hydrogens is 504 g/mol. The van der Waals surface area contributed by atoms with Gasteiger partial charge in [0.15, 0.2) is 5.96 Å². The molecular formula is C29H31F2N5O3. The number of nitrogens with two attached hydrogens (primary N) is 1. The normalized spacial score (nSPS) is 27.9. The summed E-state index contributed by atoms with van der Waals surface area (Å²) in [4.78, 5) is 36.7. The maximum Gasteiger partial charge on any atom is 0.233 e. The standard InChI is InChI=1S/C29H31F2N5O3/c1-5-29(6-2)13-24(37)36(27(32)35-29)25(16-9-18(31)15-33-14-16)19-11-20(19)26(38)34-22-12-28(3,4)39-23-8-7-17(30)10-21(22)23/h1,7-10,14-15,19-20,22,25H,6,11-13H2,2-4H3,(H2,32,35)(H,34,38)/t19-,20-,22+,25?,29-/m1/s1. The number of hydrogen-bond donors (Lipinski definition) is 2. The molecule has 0 bridgehead atoms. The van der Waals surface area contributed by atoms with E-state index in [1.165, 1.54) is 29.3 Å². The van der Waals surface area contributed by atoms with Crippen molar-refractivity contribution in [1.82, 2.24) is 15.2 Å². The van der Waals surface area contributed by atoms with Gasteiger partial charge in [0.2, 0.25) is 11.8 Å². The van der Waals surface area contributed by atoms with Gasteiger partial charge in [-0.25, -0.2) is 13.8 Å². The molecule has 1 aromatic carbocycles. The fraction of sp³-hybridized carbons (Fsp3) is 0.448. The number of benzene rings is 1. The minimum Gasteiger partial charge on any atom is -0.487 e. The van der Waals surface area contributed by atoms with Crippen LogP contribution >= 0.6 is 0 Å². The van der Waals surface area contributed by atoms with Crippen molar-refractivity contribution < 1.29 is 23.1 Å². The highest BCUT2D eigenvalue weighted by Crippen LogP contribution is 2.52. The SMILES string of the molecule is C#C[C@@]1(CC)CC(=O)N(C(c2cncc(F)c2)[C@@H]2C[C@H]2C(=O)N[C@H]2CC(C)(C)Oc3ccc(F)cc32)C(N)=N1. The van der Waals surface area contributed by atoms with Crippen molar-refractivity contribution in [3.8, 4) is 18.1 Å². The average molecular weight is 536 g/mol. The minimum absolute atomic E-state index is 0.0525. The Balaban J connectivity index is 1.43. The molecule has 204 valence electrons. The first-order valence-corrected chi connectivity index (χ1v) is 13.0. The van der Waals surface area contributed by atoms with Gasteiger partial charge in [-0.1, -0.05) is 12.8 Å². The van der Waals surface area contributed by atoms with Crippen molar-refractivity contribution in [2.24, 2.45) is 22.6 Å². The Labute approximate surface area is 226 Å². The fourth-order valence-corrected chi connectivity index (χ4v) is 5.74. The van der Waals surface area contributed by atoms with Gasteiger partial charge in [0, 0.05) is 24.1 Å². The van der Waals surface area contributed by atoms with Crippen LogP contribution < -0.4 is 15.8 Å². The van der Waals surface area contributed by atoms with Crippen molar-refractivity contribution in [3.05, 3.63) is 59.4 Å². The molecule has 2 amide bonds. The zero-order chi connectivity index (χ0) is 28.1. The molecule has 1 aliphatic carbocycles. The zero-order valence-electron chi connectivity index (χ0n) is 22.1. The number of rotatable bonds is 6. The number of fused-ring (bicyclic) bond motifs is 1. The predicted molar refractivity (Wildman–Crippen MR) is 140 cm³/mol. The molecule has 5 rings (SSSR count). The van der Waals surface area contributed by atoms with E-state index in [2.05, 4.69) is 21.2 Å². The predicted octanol–water partition coefficient (Wildman–Crippen LogP) is 3.78. The smallest absolute Gasteiger partial charge is 0.233 e. The number of pyridine rings is 1. The maximum absolute atomic E-state index is 14.2. The first-order chi connectivity index (χ1) is 18.5. The minimum atomic E-state index is -1.04. The van der Waals surface area contributed by atoms with Gasteiger partial charge in [0.25, 0.3) is 0 Å². The summed E-state index contributed by atoms with van der Waals surface area (Å²) in [6.07, 6.45) is 9.46. The van der Waals surface area contributed by atoms with Crippen LogP contribution in [0, 0.1) is 35.8 Å². The van der Waals surface area contributed by atoms with Gasteiger partial charge in [-0.2, -0.15) is 0 Å². The number of aromatic nitrogens is 1. The second kappa shape index (κ2) is 9.63. The largest absolute Gasteiger partial charge is 0.487 e. The second-order valence-corrected chi connectivity index (χ2v) is 11.1. The van der Waals surface area contributed by atoms with Crippen molar-refractivity contribution in [2.75, 3.05) is 0 Å². The molecule has 3 heterocycles. The molecule has 2 aromatic rings. The first-order valence-electron chi connectivity index (χ1n) is 13.0. The highest BCUT2D eigenvalue weighted by molar-refractivity contribution is 6.00. The van der Waals surface area contributed by atoms with Crippen LogP contribution in [0.2, 0.25) is 0 Å². The van der Waals surface area contributed by atoms with Gasteiger partial charge in [0.1, 0.15) is 28.5 Å². The highest BCUT2D eigenvalue weighted by Gasteiger charge is 2.54. The van der Waals surface area contributed by atoms with E-state index in [9.17, 15) is 18.4 Å². The van der Waals surface area contributed by atoms with E-state index < -0.39 is 40.8 Å². The lowest BCUT2D eigenvalue weighted by Crippen LogP contribution is -2.53. The topological polar surface area (TPSA) is 110 Å². The van der Waals surface area contributed by atoms with Gasteiger partial charge in [-0.3, -0.25) is 19.5 Å². The molecule has 0 radical (unpaired) electrons. The molecule has 1 saturated carbocycles. The van der Waals surface area contributed by atoms with Crippen LogP contribution in [0.3, 0.4) is 0 Å². The number of amides is 2. The Morgan fingerprint density at radius 2 is 2.08 bits per heavy atom. The van der Waals surface area contributed by atoms with E-state index in [1.807, 2.05) is 20.8 Å². The Morgan fingerprint density at radius 3 is 2.74 bits per heavy atom. The number of guanidine groups is 1. The Hall–Kier alpha value is -4.00. The number of carbonyl (C=O) groups is 2. The van der Waals surface area contributed by atoms with Gasteiger partial charge < -0.3 is 15.8 Å². The van der Waals surface area contributed by atoms with Crippen molar-refractivity contribution >= 4 is 17.8 Å². The van der Waals surface area contributed by atoms with Crippen molar-refractivity contribution in [1.29, 1.82) is 0 Å². The van der Waals surface area contributed by atoms with E-state index in [-0.39, 0.29) is 30.1 Å². The molecule has 2 aliphatic heterocycles. The molecule has 3 aliphatic rings. The van der Waals surface area contributed by atoms with E-state index >= 15 is 0 Å². The van der Waals surface area contributed by atoms with Crippen molar-refractivity contribution in [3.63, 3.8) is 0 Å². The van der Waals surface area contributed by atoms with E-state index in [4.69, 9.17) is 16.9 Å². The number of aliphatic imine (C=N–C) groups is 1. The van der Waals surface area contributed by atoms with Gasteiger partial charge >= 0.3 is 0 Å². The summed E-state index contributed by atoms with van der Waals surface area (Å²) in [6.45, 7) is 5.64. The lowest BCUT2D eigenvalue weighted by atomic mass is 9.89. The highest BCUT2D eigenvalue weighted by atomic mass is 19.1. The molecule has 39 heavy (non-hydrogen) atoms. The lowest BCUT2D eigenvalue weighted by molar-refractivity contribution is -0.132. The van der Waals surface area contributed by atoms with Crippen LogP contribution in [0.5, 0.6) is 5.75 Å². The Kier molecular flexibility index (Phi) is 6.57. The monoisotopic (exact) mass is 535 g/mol. The van der Waals surface area contributed by atoms with E-state index in [0.717, 1.165) is 6.20 Å². The third-order valence-electron chi connectivity index (χ3n) is 7.81. The molecule has 8 nitrogen and oxygen atoms in total. The first kappa shape index (κ1) is 26.6. The average Bonchev–Trinajstić information content (AvgIpc) is 3.66. The van der Waals surface area contributed by atoms with Crippen LogP contribution in [0.15, 0.2) is 41.7 Å². The number of hydrogen-bond acceptors (Lipinski definition) is 6. The molecule has 1 unspecified atom stereocenters. The molecule has 5 atom stereocenters. The molecule has 0 spiro atoms. The number of terminal acetylenes is 1. The zero-order valence-corrected chi connectivity index (χ0v) is 22.1. The quantitative estimate of drug-likeness (QED) is 0.547. The van der Waals surface area contributed by atoms with Crippen LogP contribution in [-0.2, 0) is 9.59 Å². The van der Waals surface area contributed by atoms with Gasteiger partial charge in [0.05, 0.1) is 24.7 Å². The second-order valence-electron chi connectivity index (χ2n) is 11.1. The van der Waals surface area contributed by atoms with Crippen LogP contribution in [0.4, 0.5) is 8.78 Å². The summed E-state index contributed by atoms with van der Waals surface area (Å²) in [5, 5.41) is 3.06. The van der Waals surface area contributed by atoms with Gasteiger partial charge in [-0.05, 0) is 62.4 Å². The van der Waals surface area contributed by atoms with E-state index in [0.29, 0.717) is 36.1 Å². The number of nitrogens with zero attached hydrogens (tertiary/aromatic N) is 3. The van der Waals surface area contributed by atoms with Crippen LogP contribution in [0.1, 0.15) is 69.7 Å². The molecule has 10 heteroatoms. The summed E-state index contributed by atoms with van der Waals surface area (Å²) in [7, 11) is 0. The fourth-order valence-electron chi connectivity index (χ4n) is 5.74.